The highest BCUT2D eigenvalue weighted by Gasteiger charge is 2.28. The van der Waals surface area contributed by atoms with Crippen molar-refractivity contribution < 1.29 is 20.1 Å². The molecule has 0 bridgehead atoms. The Labute approximate surface area is 169 Å². The molecule has 0 aliphatic rings. The van der Waals surface area contributed by atoms with Crippen LogP contribution >= 0.6 is 0 Å². The van der Waals surface area contributed by atoms with E-state index in [0.717, 1.165) is 0 Å². The van der Waals surface area contributed by atoms with Crippen LogP contribution in [-0.2, 0) is 17.3 Å². The third-order valence-electron chi connectivity index (χ3n) is 4.84. The smallest absolute Gasteiger partial charge is 0.311 e. The first-order chi connectivity index (χ1) is 13.1. The van der Waals surface area contributed by atoms with Crippen molar-refractivity contribution in [1.29, 1.82) is 0 Å². The first-order valence-corrected chi connectivity index (χ1v) is 9.14. The van der Waals surface area contributed by atoms with E-state index in [0.29, 0.717) is 11.1 Å². The first kappa shape index (κ1) is 22.1. The van der Waals surface area contributed by atoms with E-state index in [1.807, 2.05) is 41.5 Å². The number of nitro benzene ring substituents is 2. The fourth-order valence-electron chi connectivity index (χ4n) is 2.97. The van der Waals surface area contributed by atoms with Crippen molar-refractivity contribution in [2.75, 3.05) is 0 Å². The van der Waals surface area contributed by atoms with Gasteiger partial charge in [0.25, 0.3) is 0 Å². The van der Waals surface area contributed by atoms with Crippen molar-refractivity contribution >= 4 is 11.4 Å². The molecule has 156 valence electrons. The Kier molecular flexibility index (Phi) is 5.61. The zero-order valence-electron chi connectivity index (χ0n) is 17.4. The van der Waals surface area contributed by atoms with Crippen molar-refractivity contribution in [3.8, 4) is 11.5 Å². The van der Waals surface area contributed by atoms with Crippen molar-refractivity contribution in [2.24, 2.45) is 0 Å². The van der Waals surface area contributed by atoms with Gasteiger partial charge in [0.15, 0.2) is 11.5 Å². The Hall–Kier alpha value is -3.16. The molecule has 8 nitrogen and oxygen atoms in total. The number of nitro groups is 2. The second kappa shape index (κ2) is 7.35. The monoisotopic (exact) mass is 402 g/mol. The number of rotatable bonds is 4. The minimum absolute atomic E-state index is 0.0901. The standard InChI is InChI=1S/C21H26N2O6/c1-20(2,3)14-8-12(18(24)16(10-14)22(26)27)7-13-9-15(21(4,5)6)11-17(19(13)25)23(28)29/h8-11,24-25H,7H2,1-6H3. The Bertz CT molecular complexity index is 905. The van der Waals surface area contributed by atoms with Gasteiger partial charge in [0.2, 0.25) is 0 Å². The van der Waals surface area contributed by atoms with Gasteiger partial charge in [0.05, 0.1) is 9.85 Å². The number of benzene rings is 2. The van der Waals surface area contributed by atoms with E-state index in [4.69, 9.17) is 0 Å². The molecule has 0 atom stereocenters. The number of hydrogen-bond acceptors (Lipinski definition) is 6. The second-order valence-corrected chi connectivity index (χ2v) is 9.20. The average molecular weight is 402 g/mol. The zero-order chi connectivity index (χ0) is 22.3. The molecule has 0 saturated carbocycles. The van der Waals surface area contributed by atoms with Gasteiger partial charge in [-0.2, -0.15) is 0 Å². The van der Waals surface area contributed by atoms with Crippen LogP contribution in [-0.4, -0.2) is 20.1 Å². The third kappa shape index (κ3) is 4.64. The summed E-state index contributed by atoms with van der Waals surface area (Å²) >= 11 is 0. The molecule has 0 aliphatic heterocycles. The van der Waals surface area contributed by atoms with Gasteiger partial charge < -0.3 is 10.2 Å². The summed E-state index contributed by atoms with van der Waals surface area (Å²) in [4.78, 5) is 21.5. The largest absolute Gasteiger partial charge is 0.502 e. The predicted octanol–water partition coefficient (Wildman–Crippen LogP) is 5.10. The summed E-state index contributed by atoms with van der Waals surface area (Å²) in [5.41, 5.74) is 0.000472. The normalized spacial score (nSPS) is 12.1. The van der Waals surface area contributed by atoms with Gasteiger partial charge in [-0.3, -0.25) is 20.2 Å². The Morgan fingerprint density at radius 3 is 1.28 bits per heavy atom. The molecule has 2 aromatic rings. The van der Waals surface area contributed by atoms with Gasteiger partial charge in [0, 0.05) is 29.7 Å². The maximum absolute atomic E-state index is 11.4. The minimum Gasteiger partial charge on any atom is -0.502 e. The number of phenolic OH excluding ortho intramolecular Hbond substituents is 2. The second-order valence-electron chi connectivity index (χ2n) is 9.20. The fourth-order valence-corrected chi connectivity index (χ4v) is 2.97. The number of nitrogens with zero attached hydrogens (tertiary/aromatic N) is 2. The number of aromatic hydroxyl groups is 2. The van der Waals surface area contributed by atoms with Crippen molar-refractivity contribution in [3.05, 3.63) is 66.7 Å². The molecule has 0 spiro atoms. The average Bonchev–Trinajstić information content (AvgIpc) is 2.55. The molecule has 0 unspecified atom stereocenters. The van der Waals surface area contributed by atoms with Gasteiger partial charge >= 0.3 is 11.4 Å². The maximum Gasteiger partial charge on any atom is 0.311 e. The lowest BCUT2D eigenvalue weighted by molar-refractivity contribution is -0.386. The van der Waals surface area contributed by atoms with E-state index in [2.05, 4.69) is 0 Å². The van der Waals surface area contributed by atoms with Crippen LogP contribution < -0.4 is 0 Å². The molecule has 2 aromatic carbocycles. The summed E-state index contributed by atoms with van der Waals surface area (Å²) in [6.45, 7) is 11.3. The zero-order valence-corrected chi connectivity index (χ0v) is 17.4. The van der Waals surface area contributed by atoms with Crippen LogP contribution in [0.3, 0.4) is 0 Å². The Morgan fingerprint density at radius 1 is 0.724 bits per heavy atom. The summed E-state index contributed by atoms with van der Waals surface area (Å²) in [7, 11) is 0. The van der Waals surface area contributed by atoms with Crippen LogP contribution in [0.4, 0.5) is 11.4 Å². The van der Waals surface area contributed by atoms with Crippen molar-refractivity contribution in [2.45, 2.75) is 58.8 Å². The molecule has 2 rings (SSSR count). The summed E-state index contributed by atoms with van der Waals surface area (Å²) in [5, 5.41) is 43.7. The van der Waals surface area contributed by atoms with Crippen LogP contribution in [0.5, 0.6) is 11.5 Å². The van der Waals surface area contributed by atoms with E-state index in [1.54, 1.807) is 12.1 Å². The molecule has 0 aromatic heterocycles. The molecular formula is C21H26N2O6. The SMILES string of the molecule is CC(C)(C)c1cc(Cc2cc(C(C)(C)C)cc([N+](=O)[O-])c2O)c(O)c([N+](=O)[O-])c1. The van der Waals surface area contributed by atoms with Gasteiger partial charge in [0.1, 0.15) is 0 Å². The number of phenols is 2. The predicted molar refractivity (Wildman–Crippen MR) is 110 cm³/mol. The van der Waals surface area contributed by atoms with Crippen molar-refractivity contribution in [1.82, 2.24) is 0 Å². The van der Waals surface area contributed by atoms with Gasteiger partial charge in [-0.25, -0.2) is 0 Å². The van der Waals surface area contributed by atoms with E-state index in [9.17, 15) is 30.4 Å². The summed E-state index contributed by atoms with van der Waals surface area (Å²) < 4.78 is 0. The molecule has 0 saturated heterocycles. The molecule has 8 heteroatoms. The van der Waals surface area contributed by atoms with E-state index < -0.39 is 43.6 Å². The van der Waals surface area contributed by atoms with Crippen molar-refractivity contribution in [3.63, 3.8) is 0 Å². The fraction of sp³-hybridized carbons (Fsp3) is 0.429. The summed E-state index contributed by atoms with van der Waals surface area (Å²) in [6, 6.07) is 5.92. The van der Waals surface area contributed by atoms with Crippen LogP contribution in [0, 0.1) is 20.2 Å². The molecule has 29 heavy (non-hydrogen) atoms. The van der Waals surface area contributed by atoms with Gasteiger partial charge in [-0.1, -0.05) is 53.7 Å². The lowest BCUT2D eigenvalue weighted by atomic mass is 9.83. The van der Waals surface area contributed by atoms with Crippen LogP contribution in [0.1, 0.15) is 63.8 Å². The lowest BCUT2D eigenvalue weighted by Gasteiger charge is -2.22. The molecule has 0 amide bonds. The molecule has 0 fully saturated rings. The molecule has 0 aliphatic carbocycles. The van der Waals surface area contributed by atoms with E-state index in [1.165, 1.54) is 12.1 Å². The van der Waals surface area contributed by atoms with Gasteiger partial charge in [-0.05, 0) is 22.0 Å². The van der Waals surface area contributed by atoms with Crippen LogP contribution in [0.2, 0.25) is 0 Å². The lowest BCUT2D eigenvalue weighted by Crippen LogP contribution is -2.13. The molecular weight excluding hydrogens is 376 g/mol. The topological polar surface area (TPSA) is 127 Å². The molecule has 2 N–H and O–H groups in total. The highest BCUT2D eigenvalue weighted by Crippen LogP contribution is 2.41. The third-order valence-corrected chi connectivity index (χ3v) is 4.84. The van der Waals surface area contributed by atoms with Crippen LogP contribution in [0.25, 0.3) is 0 Å². The minimum atomic E-state index is -0.665. The molecule has 0 radical (unpaired) electrons. The van der Waals surface area contributed by atoms with E-state index in [-0.39, 0.29) is 17.5 Å². The Balaban J connectivity index is 2.73. The highest BCUT2D eigenvalue weighted by molar-refractivity contribution is 5.60. The number of hydrogen-bond donors (Lipinski definition) is 2. The quantitative estimate of drug-likeness (QED) is 0.541. The van der Waals surface area contributed by atoms with Crippen LogP contribution in [0.15, 0.2) is 24.3 Å². The maximum atomic E-state index is 11.4. The van der Waals surface area contributed by atoms with E-state index >= 15 is 0 Å². The Morgan fingerprint density at radius 2 is 1.03 bits per heavy atom. The highest BCUT2D eigenvalue weighted by atomic mass is 16.6. The summed E-state index contributed by atoms with van der Waals surface area (Å²) in [6.07, 6.45) is -0.0901. The van der Waals surface area contributed by atoms with Gasteiger partial charge in [-0.15, -0.1) is 0 Å². The molecule has 0 heterocycles. The first-order valence-electron chi connectivity index (χ1n) is 9.14. The summed E-state index contributed by atoms with van der Waals surface area (Å²) in [5.74, 6) is -1.02.